The molecule has 2 saturated heterocycles. The van der Waals surface area contributed by atoms with Crippen LogP contribution in [0.1, 0.15) is 17.8 Å². The number of nitrogens with one attached hydrogen (secondary N) is 1. The fourth-order valence-electron chi connectivity index (χ4n) is 3.71. The molecule has 4 rings (SSSR count). The summed E-state index contributed by atoms with van der Waals surface area (Å²) in [7, 11) is 1.86. The van der Waals surface area contributed by atoms with Crippen LogP contribution in [0.5, 0.6) is 0 Å². The van der Waals surface area contributed by atoms with E-state index in [4.69, 9.17) is 9.72 Å². The monoisotopic (exact) mass is 356 g/mol. The Kier molecular flexibility index (Phi) is 4.72. The Morgan fingerprint density at radius 1 is 1.36 bits per heavy atom. The van der Waals surface area contributed by atoms with Gasteiger partial charge in [-0.3, -0.25) is 4.99 Å². The molecule has 2 aliphatic heterocycles. The zero-order valence-electron chi connectivity index (χ0n) is 14.6. The van der Waals surface area contributed by atoms with E-state index in [1.165, 1.54) is 12.8 Å². The predicted molar refractivity (Wildman–Crippen MR) is 102 cm³/mol. The van der Waals surface area contributed by atoms with E-state index in [1.807, 2.05) is 25.2 Å². The molecule has 1 aromatic heterocycles. The zero-order chi connectivity index (χ0) is 17.1. The summed E-state index contributed by atoms with van der Waals surface area (Å²) in [5, 5.41) is 6.68. The molecule has 0 bridgehead atoms. The van der Waals surface area contributed by atoms with Gasteiger partial charge in [0, 0.05) is 43.1 Å². The number of hydrogen-bond donors (Lipinski definition) is 1. The van der Waals surface area contributed by atoms with Crippen molar-refractivity contribution in [2.24, 2.45) is 10.4 Å². The van der Waals surface area contributed by atoms with Crippen LogP contribution in [-0.4, -0.2) is 49.2 Å². The number of aromatic nitrogens is 1. The maximum Gasteiger partial charge on any atom is 0.194 e. The van der Waals surface area contributed by atoms with Crippen molar-refractivity contribution in [3.63, 3.8) is 0 Å². The molecule has 0 saturated carbocycles. The Morgan fingerprint density at radius 3 is 3.00 bits per heavy atom. The SMILES string of the molecule is CN=C(NCc1nc(-c2ccccc2)cs1)N1CCC2(CCOC2)C1. The van der Waals surface area contributed by atoms with E-state index in [-0.39, 0.29) is 0 Å². The van der Waals surface area contributed by atoms with Gasteiger partial charge >= 0.3 is 0 Å². The smallest absolute Gasteiger partial charge is 0.194 e. The largest absolute Gasteiger partial charge is 0.381 e. The highest BCUT2D eigenvalue weighted by Gasteiger charge is 2.42. The summed E-state index contributed by atoms with van der Waals surface area (Å²) in [6.07, 6.45) is 2.37. The minimum atomic E-state index is 0.347. The average Bonchev–Trinajstić information content (AvgIpc) is 3.39. The number of nitrogens with zero attached hydrogens (tertiary/aromatic N) is 3. The van der Waals surface area contributed by atoms with Gasteiger partial charge in [0.25, 0.3) is 0 Å². The van der Waals surface area contributed by atoms with E-state index in [9.17, 15) is 0 Å². The van der Waals surface area contributed by atoms with E-state index in [2.05, 4.69) is 32.7 Å². The zero-order valence-corrected chi connectivity index (χ0v) is 15.4. The molecule has 5 nitrogen and oxygen atoms in total. The third kappa shape index (κ3) is 3.55. The molecule has 1 N–H and O–H groups in total. The van der Waals surface area contributed by atoms with Gasteiger partial charge in [-0.1, -0.05) is 30.3 Å². The van der Waals surface area contributed by atoms with E-state index >= 15 is 0 Å². The molecule has 1 atom stereocenters. The van der Waals surface area contributed by atoms with Gasteiger partial charge in [-0.05, 0) is 12.8 Å². The Bertz CT molecular complexity index is 737. The van der Waals surface area contributed by atoms with Crippen molar-refractivity contribution in [1.82, 2.24) is 15.2 Å². The lowest BCUT2D eigenvalue weighted by atomic mass is 9.87. The fraction of sp³-hybridized carbons (Fsp3) is 0.474. The molecule has 3 heterocycles. The molecule has 1 spiro atoms. The maximum absolute atomic E-state index is 5.62. The Morgan fingerprint density at radius 2 is 2.24 bits per heavy atom. The molecule has 132 valence electrons. The first kappa shape index (κ1) is 16.5. The van der Waals surface area contributed by atoms with Crippen LogP contribution in [-0.2, 0) is 11.3 Å². The minimum Gasteiger partial charge on any atom is -0.381 e. The van der Waals surface area contributed by atoms with Crippen molar-refractivity contribution >= 4 is 17.3 Å². The van der Waals surface area contributed by atoms with Crippen LogP contribution >= 0.6 is 11.3 Å². The van der Waals surface area contributed by atoms with Crippen LogP contribution in [0.2, 0.25) is 0 Å². The van der Waals surface area contributed by atoms with Crippen molar-refractivity contribution in [2.75, 3.05) is 33.4 Å². The quantitative estimate of drug-likeness (QED) is 0.678. The fourth-order valence-corrected chi connectivity index (χ4v) is 4.45. The molecule has 2 aliphatic rings. The van der Waals surface area contributed by atoms with Gasteiger partial charge in [0.2, 0.25) is 0 Å². The third-order valence-electron chi connectivity index (χ3n) is 5.15. The summed E-state index contributed by atoms with van der Waals surface area (Å²) in [6.45, 7) is 4.61. The van der Waals surface area contributed by atoms with Gasteiger partial charge in [-0.2, -0.15) is 0 Å². The minimum absolute atomic E-state index is 0.347. The van der Waals surface area contributed by atoms with Gasteiger partial charge in [0.05, 0.1) is 18.8 Å². The van der Waals surface area contributed by atoms with E-state index < -0.39 is 0 Å². The number of hydrogen-bond acceptors (Lipinski definition) is 4. The van der Waals surface area contributed by atoms with Crippen molar-refractivity contribution < 1.29 is 4.74 Å². The molecule has 2 aromatic rings. The van der Waals surface area contributed by atoms with Gasteiger partial charge in [0.15, 0.2) is 5.96 Å². The predicted octanol–water partition coefficient (Wildman–Crippen LogP) is 3.00. The van der Waals surface area contributed by atoms with Gasteiger partial charge < -0.3 is 15.0 Å². The number of rotatable bonds is 3. The lowest BCUT2D eigenvalue weighted by molar-refractivity contribution is 0.156. The number of guanidine groups is 1. The third-order valence-corrected chi connectivity index (χ3v) is 6.00. The molecular weight excluding hydrogens is 332 g/mol. The average molecular weight is 356 g/mol. The van der Waals surface area contributed by atoms with Crippen LogP contribution in [0.3, 0.4) is 0 Å². The Balaban J connectivity index is 1.37. The molecule has 2 fully saturated rings. The highest BCUT2D eigenvalue weighted by Crippen LogP contribution is 2.38. The summed E-state index contributed by atoms with van der Waals surface area (Å²) >= 11 is 1.69. The first-order chi connectivity index (χ1) is 12.3. The van der Waals surface area contributed by atoms with Crippen LogP contribution in [0.4, 0.5) is 0 Å². The van der Waals surface area contributed by atoms with Crippen molar-refractivity contribution in [3.05, 3.63) is 40.7 Å². The highest BCUT2D eigenvalue weighted by molar-refractivity contribution is 7.09. The molecule has 1 aromatic carbocycles. The summed E-state index contributed by atoms with van der Waals surface area (Å²) < 4.78 is 5.62. The lowest BCUT2D eigenvalue weighted by Crippen LogP contribution is -2.41. The van der Waals surface area contributed by atoms with Crippen molar-refractivity contribution in [3.8, 4) is 11.3 Å². The van der Waals surface area contributed by atoms with E-state index in [0.717, 1.165) is 48.5 Å². The molecule has 1 unspecified atom stereocenters. The van der Waals surface area contributed by atoms with Gasteiger partial charge in [-0.15, -0.1) is 11.3 Å². The Hall–Kier alpha value is -1.92. The molecule has 0 aliphatic carbocycles. The lowest BCUT2D eigenvalue weighted by Gasteiger charge is -2.24. The molecule has 6 heteroatoms. The van der Waals surface area contributed by atoms with Crippen LogP contribution in [0.15, 0.2) is 40.7 Å². The molecular formula is C19H24N4OS. The first-order valence-corrected chi connectivity index (χ1v) is 9.69. The topological polar surface area (TPSA) is 49.8 Å². The van der Waals surface area contributed by atoms with Crippen molar-refractivity contribution in [1.29, 1.82) is 0 Å². The van der Waals surface area contributed by atoms with Crippen molar-refractivity contribution in [2.45, 2.75) is 19.4 Å². The molecule has 0 amide bonds. The van der Waals surface area contributed by atoms with Gasteiger partial charge in [-0.25, -0.2) is 4.98 Å². The van der Waals surface area contributed by atoms with Crippen LogP contribution in [0, 0.1) is 5.41 Å². The number of aliphatic imine (C=N–C) groups is 1. The van der Waals surface area contributed by atoms with Crippen LogP contribution in [0.25, 0.3) is 11.3 Å². The first-order valence-electron chi connectivity index (χ1n) is 8.81. The second-order valence-electron chi connectivity index (χ2n) is 6.87. The summed E-state index contributed by atoms with van der Waals surface area (Å²) in [5.74, 6) is 0.972. The standard InChI is InChI=1S/C19H24N4OS/c1-20-18(23-9-7-19(13-23)8-10-24-14-19)21-11-17-22-16(12-25-17)15-5-3-2-4-6-15/h2-6,12H,7-11,13-14H2,1H3,(H,20,21). The van der Waals surface area contributed by atoms with Crippen LogP contribution < -0.4 is 5.32 Å². The number of benzene rings is 1. The van der Waals surface area contributed by atoms with E-state index in [1.54, 1.807) is 11.3 Å². The van der Waals surface area contributed by atoms with E-state index in [0.29, 0.717) is 12.0 Å². The molecule has 25 heavy (non-hydrogen) atoms. The second-order valence-corrected chi connectivity index (χ2v) is 7.81. The second kappa shape index (κ2) is 7.14. The van der Waals surface area contributed by atoms with Gasteiger partial charge in [0.1, 0.15) is 5.01 Å². The summed E-state index contributed by atoms with van der Waals surface area (Å²) in [5.41, 5.74) is 2.55. The maximum atomic E-state index is 5.62. The number of thiazole rings is 1. The molecule has 0 radical (unpaired) electrons. The summed E-state index contributed by atoms with van der Waals surface area (Å²) in [6, 6.07) is 10.3. The normalized spacial score (nSPS) is 23.6. The highest BCUT2D eigenvalue weighted by atomic mass is 32.1. The number of ether oxygens (including phenoxy) is 1. The number of likely N-dealkylation sites (tertiary alicyclic amines) is 1. The Labute approximate surface area is 152 Å². The summed E-state index contributed by atoms with van der Waals surface area (Å²) in [4.78, 5) is 11.6.